The van der Waals surface area contributed by atoms with Gasteiger partial charge in [0.05, 0.1) is 0 Å². The van der Waals surface area contributed by atoms with E-state index in [1.165, 1.54) is 35.9 Å². The van der Waals surface area contributed by atoms with Gasteiger partial charge in [0.25, 0.3) is 0 Å². The summed E-state index contributed by atoms with van der Waals surface area (Å²) in [6.07, 6.45) is 5.11. The van der Waals surface area contributed by atoms with Crippen molar-refractivity contribution in [1.29, 1.82) is 0 Å². The molecule has 0 amide bonds. The van der Waals surface area contributed by atoms with Gasteiger partial charge in [-0.2, -0.15) is 0 Å². The molecule has 0 atom stereocenters. The van der Waals surface area contributed by atoms with Gasteiger partial charge in [-0.3, -0.25) is 0 Å². The van der Waals surface area contributed by atoms with E-state index in [0.29, 0.717) is 12.1 Å². The molecular weight excluding hydrogens is 210 g/mol. The molecule has 0 aliphatic rings. The molecule has 0 aromatic rings. The number of hydrogen-bond donors (Lipinski definition) is 0. The van der Waals surface area contributed by atoms with Gasteiger partial charge in [-0.25, -0.2) is 0 Å². The van der Waals surface area contributed by atoms with E-state index in [1.54, 1.807) is 10.9 Å². The topological polar surface area (TPSA) is 3.24 Å². The highest BCUT2D eigenvalue weighted by Crippen LogP contribution is 2.23. The molecule has 16 heavy (non-hydrogen) atoms. The predicted octanol–water partition coefficient (Wildman–Crippen LogP) is 3.28. The minimum Gasteiger partial charge on any atom is -0.370 e. The van der Waals surface area contributed by atoms with E-state index in [4.69, 9.17) is 0 Å². The highest BCUT2D eigenvalue weighted by molar-refractivity contribution is 6.21. The SMILES string of the molecule is CCCC([SiH3])=C(CCC)N(C(C)C)C(C)C. The molecule has 0 aliphatic heterocycles. The van der Waals surface area contributed by atoms with Crippen molar-refractivity contribution >= 4 is 10.2 Å². The van der Waals surface area contributed by atoms with Gasteiger partial charge >= 0.3 is 0 Å². The maximum Gasteiger partial charge on any atom is 0.0355 e. The lowest BCUT2D eigenvalue weighted by Gasteiger charge is -2.37. The lowest BCUT2D eigenvalue weighted by Crippen LogP contribution is -2.37. The van der Waals surface area contributed by atoms with E-state index in [-0.39, 0.29) is 0 Å². The Morgan fingerprint density at radius 3 is 1.69 bits per heavy atom. The second-order valence-corrected chi connectivity index (χ2v) is 6.53. The third kappa shape index (κ3) is 4.73. The minimum absolute atomic E-state index is 0.627. The Hall–Kier alpha value is -0.243. The average Bonchev–Trinajstić information content (AvgIpc) is 2.16. The number of hydrogen-bond acceptors (Lipinski definition) is 1. The predicted molar refractivity (Wildman–Crippen MR) is 78.9 cm³/mol. The Kier molecular flexibility index (Phi) is 7.82. The lowest BCUT2D eigenvalue weighted by atomic mass is 10.1. The van der Waals surface area contributed by atoms with Gasteiger partial charge in [-0.15, -0.1) is 0 Å². The van der Waals surface area contributed by atoms with Crippen molar-refractivity contribution < 1.29 is 0 Å². The molecule has 96 valence electrons. The molecule has 0 radical (unpaired) electrons. The molecule has 0 saturated heterocycles. The molecule has 0 aromatic carbocycles. The van der Waals surface area contributed by atoms with Gasteiger partial charge in [0.2, 0.25) is 0 Å². The summed E-state index contributed by atoms with van der Waals surface area (Å²) in [6.45, 7) is 13.8. The van der Waals surface area contributed by atoms with E-state index in [2.05, 4.69) is 46.4 Å². The number of rotatable bonds is 7. The Morgan fingerprint density at radius 1 is 0.938 bits per heavy atom. The first-order valence-electron chi connectivity index (χ1n) is 6.92. The fourth-order valence-electron chi connectivity index (χ4n) is 2.54. The maximum absolute atomic E-state index is 2.63. The zero-order valence-electron chi connectivity index (χ0n) is 12.4. The largest absolute Gasteiger partial charge is 0.370 e. The molecule has 0 bridgehead atoms. The standard InChI is InChI=1S/C14H31NSi/c1-7-9-13(14(16)10-8-2)15(11(3)4)12(5)6/h11-12H,7-10H2,1-6,16H3. The smallest absolute Gasteiger partial charge is 0.0355 e. The molecule has 0 fully saturated rings. The van der Waals surface area contributed by atoms with Gasteiger partial charge in [0.15, 0.2) is 0 Å². The van der Waals surface area contributed by atoms with Crippen LogP contribution in [0.3, 0.4) is 0 Å². The van der Waals surface area contributed by atoms with Crippen LogP contribution in [0, 0.1) is 0 Å². The first-order valence-corrected chi connectivity index (χ1v) is 7.92. The Bertz CT molecular complexity index is 211. The fraction of sp³-hybridized carbons (Fsp3) is 0.857. The summed E-state index contributed by atoms with van der Waals surface area (Å²) < 4.78 is 0. The van der Waals surface area contributed by atoms with Crippen molar-refractivity contribution in [3.8, 4) is 0 Å². The van der Waals surface area contributed by atoms with Gasteiger partial charge in [0.1, 0.15) is 0 Å². The summed E-state index contributed by atoms with van der Waals surface area (Å²) in [4.78, 5) is 2.63. The minimum atomic E-state index is 0.627. The molecule has 0 N–H and O–H groups in total. The summed E-state index contributed by atoms with van der Waals surface area (Å²) in [5.41, 5.74) is 1.65. The van der Waals surface area contributed by atoms with Gasteiger partial charge < -0.3 is 4.90 Å². The maximum atomic E-state index is 2.63. The van der Waals surface area contributed by atoms with Crippen molar-refractivity contribution in [2.45, 2.75) is 79.3 Å². The van der Waals surface area contributed by atoms with Crippen LogP contribution in [0.5, 0.6) is 0 Å². The second-order valence-electron chi connectivity index (χ2n) is 5.32. The molecule has 0 rings (SSSR count). The summed E-state index contributed by atoms with van der Waals surface area (Å²) in [5, 5.41) is 1.73. The van der Waals surface area contributed by atoms with Crippen molar-refractivity contribution in [3.63, 3.8) is 0 Å². The molecule has 2 heteroatoms. The third-order valence-electron chi connectivity index (χ3n) is 3.03. The summed E-state index contributed by atoms with van der Waals surface area (Å²) in [7, 11) is 1.22. The van der Waals surface area contributed by atoms with Gasteiger partial charge in [-0.1, -0.05) is 31.9 Å². The van der Waals surface area contributed by atoms with Crippen LogP contribution in [-0.2, 0) is 0 Å². The van der Waals surface area contributed by atoms with E-state index < -0.39 is 0 Å². The first-order chi connectivity index (χ1) is 7.45. The van der Waals surface area contributed by atoms with Crippen molar-refractivity contribution in [3.05, 3.63) is 10.9 Å². The lowest BCUT2D eigenvalue weighted by molar-refractivity contribution is 0.221. The summed E-state index contributed by atoms with van der Waals surface area (Å²) in [5.74, 6) is 0. The molecular formula is C14H31NSi. The van der Waals surface area contributed by atoms with Crippen LogP contribution in [0.25, 0.3) is 0 Å². The van der Waals surface area contributed by atoms with E-state index in [9.17, 15) is 0 Å². The van der Waals surface area contributed by atoms with E-state index in [1.807, 2.05) is 0 Å². The van der Waals surface area contributed by atoms with Crippen LogP contribution in [-0.4, -0.2) is 27.2 Å². The van der Waals surface area contributed by atoms with E-state index >= 15 is 0 Å². The van der Waals surface area contributed by atoms with Gasteiger partial charge in [-0.05, 0) is 40.5 Å². The highest BCUT2D eigenvalue weighted by atomic mass is 28.1. The molecule has 0 heterocycles. The summed E-state index contributed by atoms with van der Waals surface area (Å²) in [6, 6.07) is 1.25. The van der Waals surface area contributed by atoms with Crippen LogP contribution in [0.4, 0.5) is 0 Å². The Labute approximate surface area is 106 Å². The zero-order chi connectivity index (χ0) is 12.7. The molecule has 0 saturated carbocycles. The van der Waals surface area contributed by atoms with Gasteiger partial charge in [0, 0.05) is 28.0 Å². The molecule has 0 unspecified atom stereocenters. The molecule has 0 spiro atoms. The van der Waals surface area contributed by atoms with Crippen molar-refractivity contribution in [1.82, 2.24) is 4.90 Å². The van der Waals surface area contributed by atoms with E-state index in [0.717, 1.165) is 0 Å². The van der Waals surface area contributed by atoms with Crippen molar-refractivity contribution in [2.75, 3.05) is 0 Å². The second kappa shape index (κ2) is 7.94. The first kappa shape index (κ1) is 15.8. The zero-order valence-corrected chi connectivity index (χ0v) is 14.4. The van der Waals surface area contributed by atoms with Crippen LogP contribution < -0.4 is 0 Å². The quantitative estimate of drug-likeness (QED) is 0.618. The fourth-order valence-corrected chi connectivity index (χ4v) is 3.55. The normalized spacial score (nSPS) is 13.5. The molecule has 0 aliphatic carbocycles. The highest BCUT2D eigenvalue weighted by Gasteiger charge is 2.17. The number of nitrogens with zero attached hydrogens (tertiary/aromatic N) is 1. The van der Waals surface area contributed by atoms with Crippen LogP contribution in [0.1, 0.15) is 67.2 Å². The van der Waals surface area contributed by atoms with Crippen LogP contribution >= 0.6 is 0 Å². The van der Waals surface area contributed by atoms with Crippen LogP contribution in [0.2, 0.25) is 0 Å². The number of allylic oxidation sites excluding steroid dienone is 2. The monoisotopic (exact) mass is 241 g/mol. The molecule has 1 nitrogen and oxygen atoms in total. The average molecular weight is 241 g/mol. The third-order valence-corrected chi connectivity index (χ3v) is 4.11. The van der Waals surface area contributed by atoms with Crippen LogP contribution in [0.15, 0.2) is 10.9 Å². The van der Waals surface area contributed by atoms with Crippen molar-refractivity contribution in [2.24, 2.45) is 0 Å². The Morgan fingerprint density at radius 2 is 1.38 bits per heavy atom. The Balaban J connectivity index is 5.05. The molecule has 0 aromatic heterocycles. The summed E-state index contributed by atoms with van der Waals surface area (Å²) >= 11 is 0.